The van der Waals surface area contributed by atoms with Crippen molar-refractivity contribution in [2.24, 2.45) is 0 Å². The standard InChI is InChI=1S/C19H20N6S/c1-13-4-3-5-16-17(13)21-19(26-16)24-10-8-23(9-11-24)18-15-12-14(2)22-25(15)7-6-20-18/h3-7,12H,8-11H2,1-2H3. The van der Waals surface area contributed by atoms with Crippen LogP contribution in [0, 0.1) is 13.8 Å². The van der Waals surface area contributed by atoms with Crippen molar-refractivity contribution in [3.63, 3.8) is 0 Å². The summed E-state index contributed by atoms with van der Waals surface area (Å²) in [6.45, 7) is 7.93. The Morgan fingerprint density at radius 1 is 1.04 bits per heavy atom. The summed E-state index contributed by atoms with van der Waals surface area (Å²) in [6.07, 6.45) is 3.74. The lowest BCUT2D eigenvalue weighted by atomic mass is 10.2. The van der Waals surface area contributed by atoms with E-state index in [2.05, 4.69) is 51.1 Å². The molecule has 3 aromatic heterocycles. The van der Waals surface area contributed by atoms with Crippen molar-refractivity contribution < 1.29 is 0 Å². The van der Waals surface area contributed by atoms with Crippen molar-refractivity contribution >= 4 is 38.0 Å². The molecule has 6 nitrogen and oxygen atoms in total. The van der Waals surface area contributed by atoms with Gasteiger partial charge in [0.15, 0.2) is 10.9 Å². The zero-order valence-electron chi connectivity index (χ0n) is 14.9. The van der Waals surface area contributed by atoms with Crippen LogP contribution in [0.5, 0.6) is 0 Å². The third-order valence-electron chi connectivity index (χ3n) is 4.95. The van der Waals surface area contributed by atoms with E-state index in [0.717, 1.165) is 53.9 Å². The molecule has 0 aliphatic carbocycles. The van der Waals surface area contributed by atoms with E-state index >= 15 is 0 Å². The van der Waals surface area contributed by atoms with Crippen LogP contribution in [0.4, 0.5) is 10.9 Å². The average molecular weight is 364 g/mol. The molecule has 4 heterocycles. The number of fused-ring (bicyclic) bond motifs is 2. The number of hydrogen-bond donors (Lipinski definition) is 0. The van der Waals surface area contributed by atoms with E-state index in [0.29, 0.717) is 0 Å². The first-order chi connectivity index (χ1) is 12.7. The van der Waals surface area contributed by atoms with E-state index in [1.807, 2.05) is 23.8 Å². The molecule has 0 bridgehead atoms. The number of rotatable bonds is 2. The average Bonchev–Trinajstić information content (AvgIpc) is 3.25. The Hall–Kier alpha value is -2.67. The quantitative estimate of drug-likeness (QED) is 0.546. The maximum atomic E-state index is 4.88. The summed E-state index contributed by atoms with van der Waals surface area (Å²) in [5.41, 5.74) is 4.48. The second-order valence-corrected chi connectivity index (χ2v) is 7.77. The van der Waals surface area contributed by atoms with Gasteiger partial charge in [-0.05, 0) is 31.5 Å². The summed E-state index contributed by atoms with van der Waals surface area (Å²) < 4.78 is 3.18. The second-order valence-electron chi connectivity index (χ2n) is 6.76. The van der Waals surface area contributed by atoms with Crippen LogP contribution in [0.15, 0.2) is 36.7 Å². The minimum absolute atomic E-state index is 0.936. The molecule has 1 aliphatic rings. The number of para-hydroxylation sites is 1. The van der Waals surface area contributed by atoms with E-state index in [-0.39, 0.29) is 0 Å². The van der Waals surface area contributed by atoms with Crippen molar-refractivity contribution in [1.29, 1.82) is 0 Å². The molecule has 132 valence electrons. The van der Waals surface area contributed by atoms with Gasteiger partial charge >= 0.3 is 0 Å². The first-order valence-corrected chi connectivity index (χ1v) is 9.68. The molecular weight excluding hydrogens is 344 g/mol. The summed E-state index contributed by atoms with van der Waals surface area (Å²) >= 11 is 1.79. The zero-order chi connectivity index (χ0) is 17.7. The summed E-state index contributed by atoms with van der Waals surface area (Å²) in [5, 5.41) is 5.62. The number of thiazole rings is 1. The summed E-state index contributed by atoms with van der Waals surface area (Å²) in [5.74, 6) is 1.02. The highest BCUT2D eigenvalue weighted by atomic mass is 32.1. The molecule has 0 saturated carbocycles. The molecule has 1 aliphatic heterocycles. The molecular formula is C19H20N6S. The summed E-state index contributed by atoms with van der Waals surface area (Å²) in [6, 6.07) is 8.50. The molecule has 4 aromatic rings. The Balaban J connectivity index is 1.39. The number of aromatic nitrogens is 4. The smallest absolute Gasteiger partial charge is 0.186 e. The number of hydrogen-bond acceptors (Lipinski definition) is 6. The number of anilines is 2. The predicted molar refractivity (Wildman–Crippen MR) is 107 cm³/mol. The van der Waals surface area contributed by atoms with Crippen LogP contribution in [0.3, 0.4) is 0 Å². The Kier molecular flexibility index (Phi) is 3.56. The maximum absolute atomic E-state index is 4.88. The SMILES string of the molecule is Cc1cc2c(N3CCN(c4nc5c(C)cccc5s4)CC3)nccn2n1. The van der Waals surface area contributed by atoms with Crippen molar-refractivity contribution in [2.45, 2.75) is 13.8 Å². The molecule has 0 atom stereocenters. The fourth-order valence-electron chi connectivity index (χ4n) is 3.59. The fourth-order valence-corrected chi connectivity index (χ4v) is 4.69. The van der Waals surface area contributed by atoms with Crippen molar-refractivity contribution in [2.75, 3.05) is 36.0 Å². The van der Waals surface area contributed by atoms with E-state index in [1.54, 1.807) is 11.3 Å². The van der Waals surface area contributed by atoms with Crippen LogP contribution in [-0.4, -0.2) is 45.8 Å². The normalized spacial score (nSPS) is 15.3. The summed E-state index contributed by atoms with van der Waals surface area (Å²) in [4.78, 5) is 14.2. The van der Waals surface area contributed by atoms with E-state index in [1.165, 1.54) is 10.3 Å². The largest absolute Gasteiger partial charge is 0.351 e. The van der Waals surface area contributed by atoms with Crippen LogP contribution in [0.25, 0.3) is 15.7 Å². The van der Waals surface area contributed by atoms with Crippen molar-refractivity contribution in [1.82, 2.24) is 19.6 Å². The molecule has 0 radical (unpaired) electrons. The molecule has 0 spiro atoms. The Bertz CT molecular complexity index is 1090. The third kappa shape index (κ3) is 2.50. The van der Waals surface area contributed by atoms with Gasteiger partial charge in [-0.2, -0.15) is 5.10 Å². The highest BCUT2D eigenvalue weighted by molar-refractivity contribution is 7.22. The minimum atomic E-state index is 0.936. The van der Waals surface area contributed by atoms with Crippen LogP contribution < -0.4 is 9.80 Å². The first-order valence-electron chi connectivity index (χ1n) is 8.86. The predicted octanol–water partition coefficient (Wildman–Crippen LogP) is 3.28. The van der Waals surface area contributed by atoms with Gasteiger partial charge in [0.2, 0.25) is 0 Å². The molecule has 0 N–H and O–H groups in total. The van der Waals surface area contributed by atoms with Gasteiger partial charge in [-0.15, -0.1) is 0 Å². The molecule has 1 aromatic carbocycles. The Morgan fingerprint density at radius 2 is 1.85 bits per heavy atom. The number of nitrogens with zero attached hydrogens (tertiary/aromatic N) is 6. The molecule has 26 heavy (non-hydrogen) atoms. The van der Waals surface area contributed by atoms with Crippen LogP contribution in [0.2, 0.25) is 0 Å². The van der Waals surface area contributed by atoms with Gasteiger partial charge in [0.1, 0.15) is 5.52 Å². The van der Waals surface area contributed by atoms with Gasteiger partial charge in [-0.1, -0.05) is 23.5 Å². The van der Waals surface area contributed by atoms with Gasteiger partial charge in [-0.3, -0.25) is 0 Å². The highest BCUT2D eigenvalue weighted by Gasteiger charge is 2.22. The van der Waals surface area contributed by atoms with E-state index in [4.69, 9.17) is 4.98 Å². The first kappa shape index (κ1) is 15.6. The number of piperazine rings is 1. The molecule has 5 rings (SSSR count). The van der Waals surface area contributed by atoms with Gasteiger partial charge in [0.25, 0.3) is 0 Å². The third-order valence-corrected chi connectivity index (χ3v) is 6.03. The summed E-state index contributed by atoms with van der Waals surface area (Å²) in [7, 11) is 0. The van der Waals surface area contributed by atoms with Gasteiger partial charge < -0.3 is 9.80 Å². The second kappa shape index (κ2) is 5.95. The lowest BCUT2D eigenvalue weighted by Gasteiger charge is -2.35. The Morgan fingerprint density at radius 3 is 2.65 bits per heavy atom. The molecule has 0 unspecified atom stereocenters. The molecule has 1 fully saturated rings. The van der Waals surface area contributed by atoms with E-state index in [9.17, 15) is 0 Å². The number of benzene rings is 1. The minimum Gasteiger partial charge on any atom is -0.351 e. The zero-order valence-corrected chi connectivity index (χ0v) is 15.7. The Labute approximate surface area is 155 Å². The van der Waals surface area contributed by atoms with Crippen LogP contribution in [0.1, 0.15) is 11.3 Å². The maximum Gasteiger partial charge on any atom is 0.186 e. The van der Waals surface area contributed by atoms with Crippen molar-refractivity contribution in [3.8, 4) is 0 Å². The van der Waals surface area contributed by atoms with E-state index < -0.39 is 0 Å². The fraction of sp³-hybridized carbons (Fsp3) is 0.316. The van der Waals surface area contributed by atoms with Gasteiger partial charge in [-0.25, -0.2) is 14.5 Å². The lowest BCUT2D eigenvalue weighted by Crippen LogP contribution is -2.47. The number of aryl methyl sites for hydroxylation is 2. The molecule has 0 amide bonds. The highest BCUT2D eigenvalue weighted by Crippen LogP contribution is 2.31. The van der Waals surface area contributed by atoms with Crippen molar-refractivity contribution in [3.05, 3.63) is 47.9 Å². The van der Waals surface area contributed by atoms with Crippen LogP contribution >= 0.6 is 11.3 Å². The molecule has 7 heteroatoms. The lowest BCUT2D eigenvalue weighted by molar-refractivity contribution is 0.646. The van der Waals surface area contributed by atoms with Gasteiger partial charge in [0.05, 0.1) is 15.9 Å². The van der Waals surface area contributed by atoms with Crippen LogP contribution in [-0.2, 0) is 0 Å². The topological polar surface area (TPSA) is 49.6 Å². The van der Waals surface area contributed by atoms with Gasteiger partial charge in [0, 0.05) is 38.6 Å². The molecule has 1 saturated heterocycles. The monoisotopic (exact) mass is 364 g/mol.